The monoisotopic (exact) mass is 665 g/mol. The van der Waals surface area contributed by atoms with Gasteiger partial charge in [0.2, 0.25) is 11.8 Å². The van der Waals surface area contributed by atoms with Crippen LogP contribution in [0, 0.1) is 24.6 Å². The van der Waals surface area contributed by atoms with Crippen molar-refractivity contribution in [3.05, 3.63) is 119 Å². The smallest absolute Gasteiger partial charge is 0.220 e. The number of aromatic nitrogens is 1. The van der Waals surface area contributed by atoms with E-state index in [2.05, 4.69) is 96.1 Å². The highest BCUT2D eigenvalue weighted by molar-refractivity contribution is 5.44. The standard InChI is InChI=1S/C42H56FN5O/c1-5-47(6-2)39(29-33-17-19-35(20-18-33)42(4,44)37-22-21-36(43)27-31(37)3)40-45-38(28-32-13-9-7-10-14-32)41(49-40)48-25-23-46(24-26-48)30-34-15-11-8-12-16-34/h7-16,21-22,27,33,35,39H,5-6,17-20,23-26,28-30,44H2,1-4H3. The number of anilines is 1. The lowest BCUT2D eigenvalue weighted by molar-refractivity contribution is 0.121. The van der Waals surface area contributed by atoms with Gasteiger partial charge >= 0.3 is 0 Å². The van der Waals surface area contributed by atoms with E-state index in [1.54, 1.807) is 12.1 Å². The van der Waals surface area contributed by atoms with Gasteiger partial charge < -0.3 is 15.1 Å². The van der Waals surface area contributed by atoms with E-state index in [0.29, 0.717) is 11.8 Å². The molecule has 2 N–H and O–H groups in total. The third kappa shape index (κ3) is 8.45. The maximum absolute atomic E-state index is 13.9. The van der Waals surface area contributed by atoms with Crippen LogP contribution in [0.4, 0.5) is 10.3 Å². The Bertz CT molecular complexity index is 1600. The van der Waals surface area contributed by atoms with Crippen molar-refractivity contribution in [2.24, 2.45) is 17.6 Å². The van der Waals surface area contributed by atoms with Crippen molar-refractivity contribution < 1.29 is 8.81 Å². The first kappa shape index (κ1) is 35.3. The Morgan fingerprint density at radius 3 is 2.14 bits per heavy atom. The Hall–Kier alpha value is -3.52. The molecule has 2 fully saturated rings. The summed E-state index contributed by atoms with van der Waals surface area (Å²) in [5.41, 5.74) is 12.2. The fraction of sp³-hybridized carbons (Fsp3) is 0.500. The minimum atomic E-state index is -0.476. The topological polar surface area (TPSA) is 61.8 Å². The quantitative estimate of drug-likeness (QED) is 0.155. The summed E-state index contributed by atoms with van der Waals surface area (Å²) in [5, 5.41) is 0. The average molecular weight is 666 g/mol. The molecule has 7 heteroatoms. The van der Waals surface area contributed by atoms with E-state index in [1.165, 1.54) is 11.1 Å². The largest absolute Gasteiger partial charge is 0.423 e. The normalized spacial score (nSPS) is 20.8. The van der Waals surface area contributed by atoms with Crippen LogP contribution in [0.3, 0.4) is 0 Å². The number of nitrogens with two attached hydrogens (primary N) is 1. The molecule has 3 aromatic carbocycles. The summed E-state index contributed by atoms with van der Waals surface area (Å²) >= 11 is 0. The molecule has 1 aliphatic heterocycles. The van der Waals surface area contributed by atoms with Crippen LogP contribution in [0.15, 0.2) is 83.3 Å². The molecule has 2 unspecified atom stereocenters. The fourth-order valence-corrected chi connectivity index (χ4v) is 8.44. The summed E-state index contributed by atoms with van der Waals surface area (Å²) in [6.45, 7) is 15.3. The number of aryl methyl sites for hydroxylation is 1. The SMILES string of the molecule is CCN(CC)C(CC1CCC(C(C)(N)c2ccc(F)cc2C)CC1)c1nc(Cc2ccccc2)c(N2CCN(Cc3ccccc3)CC2)o1. The predicted octanol–water partition coefficient (Wildman–Crippen LogP) is 8.49. The Balaban J connectivity index is 1.19. The van der Waals surface area contributed by atoms with Crippen molar-refractivity contribution in [1.82, 2.24) is 14.8 Å². The van der Waals surface area contributed by atoms with Crippen LogP contribution < -0.4 is 10.6 Å². The van der Waals surface area contributed by atoms with Gasteiger partial charge in [-0.3, -0.25) is 9.80 Å². The van der Waals surface area contributed by atoms with Gasteiger partial charge in [0.1, 0.15) is 11.5 Å². The lowest BCUT2D eigenvalue weighted by atomic mass is 9.68. The van der Waals surface area contributed by atoms with Crippen molar-refractivity contribution in [1.29, 1.82) is 0 Å². The summed E-state index contributed by atoms with van der Waals surface area (Å²) in [6, 6.07) is 26.6. The molecule has 4 aromatic rings. The van der Waals surface area contributed by atoms with E-state index in [4.69, 9.17) is 15.1 Å². The average Bonchev–Trinajstić information content (AvgIpc) is 3.53. The maximum Gasteiger partial charge on any atom is 0.220 e. The van der Waals surface area contributed by atoms with E-state index in [0.717, 1.165) is 113 Å². The zero-order chi connectivity index (χ0) is 34.4. The summed E-state index contributed by atoms with van der Waals surface area (Å²) in [5.74, 6) is 2.56. The van der Waals surface area contributed by atoms with Crippen LogP contribution >= 0.6 is 0 Å². The van der Waals surface area contributed by atoms with Gasteiger partial charge in [-0.1, -0.05) is 93.4 Å². The van der Waals surface area contributed by atoms with Gasteiger partial charge in [0.25, 0.3) is 0 Å². The number of halogens is 1. The molecule has 2 atom stereocenters. The Morgan fingerprint density at radius 2 is 1.53 bits per heavy atom. The van der Waals surface area contributed by atoms with Gasteiger partial charge in [0, 0.05) is 44.7 Å². The zero-order valence-electron chi connectivity index (χ0n) is 30.1. The molecule has 6 nitrogen and oxygen atoms in total. The molecule has 49 heavy (non-hydrogen) atoms. The second kappa shape index (κ2) is 16.0. The molecule has 1 saturated heterocycles. The fourth-order valence-electron chi connectivity index (χ4n) is 8.44. The molecule has 1 aromatic heterocycles. The van der Waals surface area contributed by atoms with Crippen LogP contribution in [-0.4, -0.2) is 54.1 Å². The molecule has 0 spiro atoms. The van der Waals surface area contributed by atoms with Crippen molar-refractivity contribution >= 4 is 5.88 Å². The highest BCUT2D eigenvalue weighted by atomic mass is 19.1. The Kier molecular flexibility index (Phi) is 11.5. The molecular weight excluding hydrogens is 609 g/mol. The minimum Gasteiger partial charge on any atom is -0.423 e. The molecule has 0 bridgehead atoms. The molecule has 2 heterocycles. The summed E-state index contributed by atoms with van der Waals surface area (Å²) in [4.78, 5) is 12.8. The molecule has 1 aliphatic carbocycles. The molecule has 2 aliphatic rings. The van der Waals surface area contributed by atoms with Gasteiger partial charge in [0.05, 0.1) is 6.04 Å². The molecule has 6 rings (SSSR count). The highest BCUT2D eigenvalue weighted by Gasteiger charge is 2.38. The number of rotatable bonds is 13. The molecular formula is C42H56FN5O. The number of nitrogens with zero attached hydrogens (tertiary/aromatic N) is 4. The Morgan fingerprint density at radius 1 is 0.898 bits per heavy atom. The predicted molar refractivity (Wildman–Crippen MR) is 198 cm³/mol. The first-order valence-corrected chi connectivity index (χ1v) is 18.6. The first-order valence-electron chi connectivity index (χ1n) is 18.6. The van der Waals surface area contributed by atoms with Crippen LogP contribution in [-0.2, 0) is 18.5 Å². The molecule has 0 amide bonds. The molecule has 1 saturated carbocycles. The van der Waals surface area contributed by atoms with Crippen LogP contribution in [0.5, 0.6) is 0 Å². The van der Waals surface area contributed by atoms with Crippen molar-refractivity contribution in [3.63, 3.8) is 0 Å². The zero-order valence-corrected chi connectivity index (χ0v) is 30.1. The van der Waals surface area contributed by atoms with E-state index in [-0.39, 0.29) is 11.9 Å². The van der Waals surface area contributed by atoms with E-state index in [1.807, 2.05) is 13.0 Å². The molecule has 0 radical (unpaired) electrons. The summed E-state index contributed by atoms with van der Waals surface area (Å²) in [7, 11) is 0. The van der Waals surface area contributed by atoms with Crippen LogP contribution in [0.2, 0.25) is 0 Å². The van der Waals surface area contributed by atoms with Gasteiger partial charge in [-0.2, -0.15) is 0 Å². The van der Waals surface area contributed by atoms with Gasteiger partial charge in [-0.25, -0.2) is 9.37 Å². The number of oxazole rings is 1. The van der Waals surface area contributed by atoms with E-state index < -0.39 is 5.54 Å². The first-order chi connectivity index (χ1) is 23.7. The maximum atomic E-state index is 13.9. The van der Waals surface area contributed by atoms with Crippen molar-refractivity contribution in [2.75, 3.05) is 44.2 Å². The van der Waals surface area contributed by atoms with E-state index in [9.17, 15) is 4.39 Å². The summed E-state index contributed by atoms with van der Waals surface area (Å²) in [6.07, 6.45) is 6.19. The number of piperazine rings is 1. The number of hydrogen-bond acceptors (Lipinski definition) is 6. The van der Waals surface area contributed by atoms with Gasteiger partial charge in [0.15, 0.2) is 0 Å². The van der Waals surface area contributed by atoms with Crippen LogP contribution in [0.1, 0.15) is 92.8 Å². The number of benzene rings is 3. The molecule has 262 valence electrons. The van der Waals surface area contributed by atoms with Gasteiger partial charge in [-0.15, -0.1) is 0 Å². The highest BCUT2D eigenvalue weighted by Crippen LogP contribution is 2.44. The second-order valence-electron chi connectivity index (χ2n) is 14.6. The van der Waals surface area contributed by atoms with Gasteiger partial charge in [-0.05, 0) is 92.4 Å². The summed E-state index contributed by atoms with van der Waals surface area (Å²) < 4.78 is 20.8. The number of hydrogen-bond donors (Lipinski definition) is 1. The van der Waals surface area contributed by atoms with Crippen molar-refractivity contribution in [3.8, 4) is 0 Å². The Labute approximate surface area is 293 Å². The second-order valence-corrected chi connectivity index (χ2v) is 14.6. The third-order valence-corrected chi connectivity index (χ3v) is 11.4. The van der Waals surface area contributed by atoms with Crippen LogP contribution in [0.25, 0.3) is 0 Å². The lowest BCUT2D eigenvalue weighted by Crippen LogP contribution is -2.46. The third-order valence-electron chi connectivity index (χ3n) is 11.4. The van der Waals surface area contributed by atoms with E-state index >= 15 is 0 Å². The minimum absolute atomic E-state index is 0.128. The lowest BCUT2D eigenvalue weighted by Gasteiger charge is -2.41. The van der Waals surface area contributed by atoms with Crippen molar-refractivity contribution in [2.45, 2.75) is 84.3 Å².